The lowest BCUT2D eigenvalue weighted by Crippen LogP contribution is -2.07. The van der Waals surface area contributed by atoms with E-state index in [-0.39, 0.29) is 0 Å². The van der Waals surface area contributed by atoms with Gasteiger partial charge in [0.15, 0.2) is 0 Å². The molecule has 0 saturated carbocycles. The van der Waals surface area contributed by atoms with E-state index in [1.807, 2.05) is 26.0 Å². The van der Waals surface area contributed by atoms with Crippen LogP contribution < -0.4 is 0 Å². The number of benzene rings is 1. The van der Waals surface area contributed by atoms with Crippen molar-refractivity contribution >= 4 is 39.8 Å². The summed E-state index contributed by atoms with van der Waals surface area (Å²) in [5, 5.41) is 9.29. The smallest absolute Gasteiger partial charge is 0.123 e. The Bertz CT molecular complexity index is 779. The second kappa shape index (κ2) is 4.94. The number of allylic oxidation sites excluding steroid dienone is 1. The maximum Gasteiger partial charge on any atom is 0.123 e. The molecular formula is C14H17N5S. The first kappa shape index (κ1) is 13.2. The average molecular weight is 287 g/mol. The average Bonchev–Trinajstić information content (AvgIpc) is 3.00. The van der Waals surface area contributed by atoms with Crippen molar-refractivity contribution in [2.24, 2.45) is 14.6 Å². The maximum atomic E-state index is 4.65. The minimum absolute atomic E-state index is 0.513. The van der Waals surface area contributed by atoms with E-state index < -0.39 is 0 Å². The molecule has 0 atom stereocenters. The zero-order valence-electron chi connectivity index (χ0n) is 12.1. The van der Waals surface area contributed by atoms with Gasteiger partial charge in [0.1, 0.15) is 22.4 Å². The topological polar surface area (TPSA) is 55.4 Å². The van der Waals surface area contributed by atoms with Gasteiger partial charge >= 0.3 is 0 Å². The van der Waals surface area contributed by atoms with E-state index in [0.717, 1.165) is 40.1 Å². The molecule has 1 aromatic carbocycles. The zero-order chi connectivity index (χ0) is 14.3. The standard InChI is InChI=1S/C14H17N5S/c1-5-6-10-13-11(15-19(16-13)7-8(2)3)9(4)12-14(10)18-20-17-12/h5-6,8H,7H2,1-4H3/b6-5+. The summed E-state index contributed by atoms with van der Waals surface area (Å²) in [6.07, 6.45) is 4.05. The molecule has 20 heavy (non-hydrogen) atoms. The lowest BCUT2D eigenvalue weighted by atomic mass is 10.0. The van der Waals surface area contributed by atoms with Gasteiger partial charge < -0.3 is 0 Å². The van der Waals surface area contributed by atoms with Crippen molar-refractivity contribution in [2.45, 2.75) is 34.2 Å². The van der Waals surface area contributed by atoms with E-state index in [2.05, 4.69) is 32.8 Å². The molecule has 2 heterocycles. The Labute approximate surface area is 121 Å². The van der Waals surface area contributed by atoms with Crippen LogP contribution in [0.4, 0.5) is 11.4 Å². The molecule has 0 aliphatic carbocycles. The van der Waals surface area contributed by atoms with Crippen molar-refractivity contribution < 1.29 is 0 Å². The van der Waals surface area contributed by atoms with Crippen LogP contribution in [0.25, 0.3) is 17.1 Å². The first-order valence-corrected chi connectivity index (χ1v) is 7.47. The zero-order valence-corrected chi connectivity index (χ0v) is 12.9. The van der Waals surface area contributed by atoms with Crippen LogP contribution in [0, 0.1) is 12.8 Å². The van der Waals surface area contributed by atoms with E-state index in [1.54, 1.807) is 4.80 Å². The summed E-state index contributed by atoms with van der Waals surface area (Å²) < 4.78 is 8.82. The first-order chi connectivity index (χ1) is 9.61. The van der Waals surface area contributed by atoms with Crippen LogP contribution in [0.15, 0.2) is 14.8 Å². The highest BCUT2D eigenvalue weighted by Crippen LogP contribution is 2.43. The van der Waals surface area contributed by atoms with Gasteiger partial charge in [0.05, 0.1) is 17.9 Å². The molecule has 0 radical (unpaired) electrons. The van der Waals surface area contributed by atoms with Gasteiger partial charge in [-0.15, -0.1) is 0 Å². The lowest BCUT2D eigenvalue weighted by molar-refractivity contribution is 0.442. The third-order valence-electron chi connectivity index (χ3n) is 3.23. The van der Waals surface area contributed by atoms with Gasteiger partial charge in [0.25, 0.3) is 0 Å². The summed E-state index contributed by atoms with van der Waals surface area (Å²) in [4.78, 5) is 1.79. The minimum Gasteiger partial charge on any atom is -0.183 e. The fourth-order valence-electron chi connectivity index (χ4n) is 2.35. The van der Waals surface area contributed by atoms with Crippen LogP contribution in [0.5, 0.6) is 0 Å². The van der Waals surface area contributed by atoms with Crippen LogP contribution in [-0.4, -0.2) is 15.0 Å². The number of nitrogens with zero attached hydrogens (tertiary/aromatic N) is 5. The third kappa shape index (κ3) is 2.00. The predicted molar refractivity (Wildman–Crippen MR) is 83.4 cm³/mol. The normalized spacial score (nSPS) is 13.7. The van der Waals surface area contributed by atoms with Crippen molar-refractivity contribution in [3.05, 3.63) is 17.2 Å². The predicted octanol–water partition coefficient (Wildman–Crippen LogP) is 4.16. The molecule has 1 aliphatic heterocycles. The largest absolute Gasteiger partial charge is 0.183 e. The SMILES string of the molecule is C/C=C/c1c2c(c(C)c3nn(CC(C)C)nc13)N=S=N2. The molecule has 0 saturated heterocycles. The number of aryl methyl sites for hydroxylation is 1. The summed E-state index contributed by atoms with van der Waals surface area (Å²) in [7, 11) is 0. The maximum absolute atomic E-state index is 4.65. The molecular weight excluding hydrogens is 270 g/mol. The van der Waals surface area contributed by atoms with Gasteiger partial charge in [0.2, 0.25) is 0 Å². The van der Waals surface area contributed by atoms with Gasteiger partial charge in [-0.1, -0.05) is 26.0 Å². The Morgan fingerprint density at radius 1 is 1.15 bits per heavy atom. The van der Waals surface area contributed by atoms with Gasteiger partial charge in [-0.05, 0) is 19.8 Å². The van der Waals surface area contributed by atoms with Crippen molar-refractivity contribution in [1.29, 1.82) is 0 Å². The van der Waals surface area contributed by atoms with Crippen molar-refractivity contribution in [1.82, 2.24) is 15.0 Å². The molecule has 0 N–H and O–H groups in total. The molecule has 5 nitrogen and oxygen atoms in total. The minimum atomic E-state index is 0.513. The van der Waals surface area contributed by atoms with E-state index in [9.17, 15) is 0 Å². The Morgan fingerprint density at radius 2 is 1.85 bits per heavy atom. The molecule has 1 aliphatic rings. The summed E-state index contributed by atoms with van der Waals surface area (Å²) in [6, 6.07) is 0. The second-order valence-electron chi connectivity index (χ2n) is 5.35. The second-order valence-corrected chi connectivity index (χ2v) is 5.87. The highest BCUT2D eigenvalue weighted by Gasteiger charge is 2.21. The third-order valence-corrected chi connectivity index (χ3v) is 3.75. The molecule has 104 valence electrons. The molecule has 0 amide bonds. The molecule has 1 aromatic heterocycles. The number of hydrogen-bond acceptors (Lipinski definition) is 4. The molecule has 0 spiro atoms. The molecule has 0 unspecified atom stereocenters. The van der Waals surface area contributed by atoms with Crippen molar-refractivity contribution in [3.63, 3.8) is 0 Å². The highest BCUT2D eigenvalue weighted by atomic mass is 32.1. The van der Waals surface area contributed by atoms with E-state index in [1.165, 1.54) is 11.4 Å². The lowest BCUT2D eigenvalue weighted by Gasteiger charge is -2.04. The summed E-state index contributed by atoms with van der Waals surface area (Å²) in [6.45, 7) is 9.18. The van der Waals surface area contributed by atoms with E-state index in [0.29, 0.717) is 5.92 Å². The highest BCUT2D eigenvalue weighted by molar-refractivity contribution is 7.58. The van der Waals surface area contributed by atoms with Gasteiger partial charge in [-0.25, -0.2) is 0 Å². The number of hydrogen-bond donors (Lipinski definition) is 0. The molecule has 0 bridgehead atoms. The van der Waals surface area contributed by atoms with Crippen LogP contribution in [-0.2, 0) is 17.9 Å². The van der Waals surface area contributed by atoms with Crippen molar-refractivity contribution in [3.8, 4) is 0 Å². The fourth-order valence-corrected chi connectivity index (χ4v) is 2.96. The monoisotopic (exact) mass is 287 g/mol. The van der Waals surface area contributed by atoms with Gasteiger partial charge in [0, 0.05) is 11.1 Å². The number of fused-ring (bicyclic) bond motifs is 2. The molecule has 6 heteroatoms. The molecule has 3 rings (SSSR count). The summed E-state index contributed by atoms with van der Waals surface area (Å²) in [5.74, 6) is 0.513. The van der Waals surface area contributed by atoms with E-state index >= 15 is 0 Å². The molecule has 0 fully saturated rings. The fraction of sp³-hybridized carbons (Fsp3) is 0.429. The quantitative estimate of drug-likeness (QED) is 0.726. The molecule has 2 aromatic rings. The van der Waals surface area contributed by atoms with Crippen LogP contribution in [0.3, 0.4) is 0 Å². The van der Waals surface area contributed by atoms with E-state index in [4.69, 9.17) is 0 Å². The van der Waals surface area contributed by atoms with Gasteiger partial charge in [-0.3, -0.25) is 0 Å². The summed E-state index contributed by atoms with van der Waals surface area (Å²) in [5.41, 5.74) is 5.79. The van der Waals surface area contributed by atoms with Gasteiger partial charge in [-0.2, -0.15) is 23.7 Å². The van der Waals surface area contributed by atoms with Crippen LogP contribution in [0.2, 0.25) is 0 Å². The Kier molecular flexibility index (Phi) is 3.25. The number of aromatic nitrogens is 3. The number of rotatable bonds is 3. The first-order valence-electron chi connectivity index (χ1n) is 6.74. The Morgan fingerprint density at radius 3 is 2.55 bits per heavy atom. The van der Waals surface area contributed by atoms with Crippen LogP contribution >= 0.6 is 0 Å². The Hall–Kier alpha value is -1.82. The van der Waals surface area contributed by atoms with Crippen molar-refractivity contribution in [2.75, 3.05) is 0 Å². The summed E-state index contributed by atoms with van der Waals surface area (Å²) >= 11 is 1.24. The Balaban J connectivity index is 2.30. The van der Waals surface area contributed by atoms with Crippen LogP contribution in [0.1, 0.15) is 31.9 Å².